The molecule has 9 rings (SSSR count). The molecule has 73 heavy (non-hydrogen) atoms. The van der Waals surface area contributed by atoms with Crippen molar-refractivity contribution < 1.29 is 60.0 Å². The van der Waals surface area contributed by atoms with E-state index >= 15 is 0 Å². The van der Waals surface area contributed by atoms with Gasteiger partial charge in [0.2, 0.25) is 0 Å². The first kappa shape index (κ1) is 57.7. The van der Waals surface area contributed by atoms with Crippen molar-refractivity contribution in [2.24, 2.45) is 92.7 Å². The summed E-state index contributed by atoms with van der Waals surface area (Å²) in [6.45, 7) is 22.4. The molecular formula is C61H96O12. The number of hydrogen-bond donors (Lipinski definition) is 8. The third-order valence-electron chi connectivity index (χ3n) is 22.5. The van der Waals surface area contributed by atoms with Gasteiger partial charge in [0, 0.05) is 6.42 Å². The molecule has 0 saturated heterocycles. The van der Waals surface area contributed by atoms with Crippen molar-refractivity contribution in [2.45, 2.75) is 220 Å². The molecule has 12 heteroatoms. The van der Waals surface area contributed by atoms with Crippen LogP contribution in [0.25, 0.3) is 0 Å². The monoisotopic (exact) mass is 1020 g/mol. The van der Waals surface area contributed by atoms with E-state index in [0.717, 1.165) is 99.4 Å². The summed E-state index contributed by atoms with van der Waals surface area (Å²) in [5.74, 6) is 3.35. The van der Waals surface area contributed by atoms with E-state index in [0.29, 0.717) is 40.9 Å². The molecule has 0 heterocycles. The number of carboxylic acids is 3. The standard InChI is InChI=1S/C27H46O.C24H40O5.C10H10O6/c1-18(2)7-6-8-19(3)23-11-12-24-22-10-9-20-17-21(28)13-15-26(20,4)25(22)14-16-27(23,24)5;1-13(4-7-21(28)29)16-5-6-17-22-18(12-20(27)24(16,17)3)23(2)9-8-15(25)10-14(23)11-19(22)26;1-5(9(12)13)16-8-4-6(10(14)15)2-3-7(8)11/h9,18-19,21-25,28H,6-8,10-17H2,1-5H3;13-20,22,25-27H,4-12H2,1-3H3,(H,28,29);2-4,7-8,11H,1H2,(H,12,13)(H,14,15)/t19-,21+,22+,23-,24+,25+,26+,27-;13-,14+,15-,16-,17+,18+,19-,20+,22+,23+,24-;7-,8-/m111/s1. The van der Waals surface area contributed by atoms with Gasteiger partial charge in [-0.1, -0.05) is 92.4 Å². The fourth-order valence-electron chi connectivity index (χ4n) is 18.5. The number of fused-ring (bicyclic) bond motifs is 10. The molecule has 0 amide bonds. The molecule has 0 aromatic carbocycles. The number of aliphatic carboxylic acids is 3. The topological polar surface area (TPSA) is 222 Å². The first-order chi connectivity index (χ1) is 34.3. The zero-order chi connectivity index (χ0) is 53.5. The summed E-state index contributed by atoms with van der Waals surface area (Å²) in [5.41, 5.74) is 2.38. The summed E-state index contributed by atoms with van der Waals surface area (Å²) in [6.07, 6.45) is 24.6. The lowest BCUT2D eigenvalue weighted by Crippen LogP contribution is -2.62. The number of allylic oxidation sites excluding steroid dienone is 1. The molecule has 9 aliphatic rings. The average Bonchev–Trinajstić information content (AvgIpc) is 3.88. The highest BCUT2D eigenvalue weighted by molar-refractivity contribution is 5.90. The molecule has 0 aliphatic heterocycles. The maximum Gasteiger partial charge on any atom is 0.370 e. The Kier molecular flexibility index (Phi) is 18.1. The van der Waals surface area contributed by atoms with Crippen molar-refractivity contribution in [1.82, 2.24) is 0 Å². The van der Waals surface area contributed by atoms with Gasteiger partial charge in [-0.3, -0.25) is 4.79 Å². The maximum atomic E-state index is 11.5. The van der Waals surface area contributed by atoms with E-state index < -0.39 is 42.0 Å². The Labute approximate surface area is 437 Å². The molecule has 7 fully saturated rings. The van der Waals surface area contributed by atoms with Gasteiger partial charge in [0.15, 0.2) is 5.76 Å². The van der Waals surface area contributed by atoms with Crippen LogP contribution in [0.4, 0.5) is 0 Å². The summed E-state index contributed by atoms with van der Waals surface area (Å²) in [6, 6.07) is 0. The van der Waals surface area contributed by atoms with Crippen molar-refractivity contribution in [1.29, 1.82) is 0 Å². The van der Waals surface area contributed by atoms with Crippen LogP contribution >= 0.6 is 0 Å². The normalized spacial score (nSPS) is 44.0. The lowest BCUT2D eigenvalue weighted by molar-refractivity contribution is -0.207. The largest absolute Gasteiger partial charge is 0.481 e. The van der Waals surface area contributed by atoms with Crippen LogP contribution < -0.4 is 0 Å². The summed E-state index contributed by atoms with van der Waals surface area (Å²) >= 11 is 0. The molecule has 0 spiro atoms. The number of aliphatic hydroxyl groups is 5. The molecule has 0 aromatic rings. The van der Waals surface area contributed by atoms with Gasteiger partial charge >= 0.3 is 17.9 Å². The third kappa shape index (κ3) is 11.5. The van der Waals surface area contributed by atoms with Gasteiger partial charge in [0.25, 0.3) is 0 Å². The van der Waals surface area contributed by atoms with Crippen LogP contribution in [0.15, 0.2) is 47.8 Å². The molecule has 0 unspecified atom stereocenters. The average molecular weight is 1020 g/mol. The molecule has 0 bridgehead atoms. The third-order valence-corrected chi connectivity index (χ3v) is 22.5. The number of carboxylic acid groups (broad SMARTS) is 3. The first-order valence-corrected chi connectivity index (χ1v) is 28.8. The van der Waals surface area contributed by atoms with Crippen LogP contribution in [0, 0.1) is 92.7 Å². The van der Waals surface area contributed by atoms with Gasteiger partial charge in [-0.15, -0.1) is 0 Å². The lowest BCUT2D eigenvalue weighted by Gasteiger charge is -2.63. The van der Waals surface area contributed by atoms with Crippen molar-refractivity contribution in [3.63, 3.8) is 0 Å². The number of aliphatic hydroxyl groups excluding tert-OH is 5. The Hall–Kier alpha value is -3.03. The second kappa shape index (κ2) is 22.9. The molecule has 9 aliphatic carbocycles. The number of hydrogen-bond acceptors (Lipinski definition) is 9. The van der Waals surface area contributed by atoms with E-state index in [1.165, 1.54) is 69.9 Å². The van der Waals surface area contributed by atoms with E-state index in [2.05, 4.69) is 68.0 Å². The minimum atomic E-state index is -1.37. The van der Waals surface area contributed by atoms with Crippen molar-refractivity contribution in [3.05, 3.63) is 47.8 Å². The number of rotatable bonds is 13. The smallest absolute Gasteiger partial charge is 0.370 e. The molecule has 0 radical (unpaired) electrons. The Morgan fingerprint density at radius 3 is 2.05 bits per heavy atom. The van der Waals surface area contributed by atoms with Crippen LogP contribution in [0.5, 0.6) is 0 Å². The van der Waals surface area contributed by atoms with E-state index in [4.69, 9.17) is 20.1 Å². The highest BCUT2D eigenvalue weighted by Gasteiger charge is 2.66. The van der Waals surface area contributed by atoms with E-state index in [1.807, 2.05) is 0 Å². The summed E-state index contributed by atoms with van der Waals surface area (Å²) in [5, 5.41) is 78.9. The lowest BCUT2D eigenvalue weighted by atomic mass is 9.43. The van der Waals surface area contributed by atoms with Gasteiger partial charge in [0.1, 0.15) is 12.2 Å². The fraction of sp³-hybridized carbons (Fsp3) is 0.820. The Bertz CT molecular complexity index is 2080. The van der Waals surface area contributed by atoms with Crippen molar-refractivity contribution >= 4 is 17.9 Å². The molecule has 7 saturated carbocycles. The zero-order valence-electron chi connectivity index (χ0n) is 45.8. The molecule has 0 aromatic heterocycles. The Balaban J connectivity index is 0.000000168. The SMILES string of the molecule is C=C(O[C@@H]1C=C(C(=O)O)C=C[C@H]1O)C(=O)O.CC(C)CCC[C@@H](C)[C@H]1CC[C@H]2[C@@H]3CC=C4C[C@@H](O)CC[C@]4(C)[C@H]3CC[C@]12C.C[C@H](CCC(=O)O)[C@H]1CC[C@H]2[C@@H]3[C@H](O)C[C@@H]4C[C@H](O)CC[C@]4(C)[C@H]3C[C@H](O)[C@]12C. The minimum Gasteiger partial charge on any atom is -0.481 e. The predicted molar refractivity (Wildman–Crippen MR) is 282 cm³/mol. The highest BCUT2D eigenvalue weighted by atomic mass is 16.5. The molecule has 21 atom stereocenters. The summed E-state index contributed by atoms with van der Waals surface area (Å²) in [4.78, 5) is 32.1. The van der Waals surface area contributed by atoms with Gasteiger partial charge in [-0.05, 0) is 214 Å². The quantitative estimate of drug-likeness (QED) is 0.0490. The molecular weight excluding hydrogens is 925 g/mol. The first-order valence-electron chi connectivity index (χ1n) is 28.8. The van der Waals surface area contributed by atoms with Crippen LogP contribution in [0.1, 0.15) is 184 Å². The maximum absolute atomic E-state index is 11.5. The van der Waals surface area contributed by atoms with Gasteiger partial charge < -0.3 is 45.6 Å². The molecule has 8 N–H and O–H groups in total. The molecule has 412 valence electrons. The van der Waals surface area contributed by atoms with Crippen LogP contribution in [0.2, 0.25) is 0 Å². The van der Waals surface area contributed by atoms with Gasteiger partial charge in [-0.25, -0.2) is 9.59 Å². The van der Waals surface area contributed by atoms with E-state index in [1.54, 1.807) is 5.57 Å². The fourth-order valence-corrected chi connectivity index (χ4v) is 18.5. The second-order valence-electron chi connectivity index (χ2n) is 26.7. The number of carbonyl (C=O) groups is 3. The van der Waals surface area contributed by atoms with E-state index in [-0.39, 0.29) is 53.0 Å². The Morgan fingerprint density at radius 2 is 1.38 bits per heavy atom. The predicted octanol–water partition coefficient (Wildman–Crippen LogP) is 10.7. The van der Waals surface area contributed by atoms with Crippen LogP contribution in [-0.4, -0.2) is 95.4 Å². The zero-order valence-corrected chi connectivity index (χ0v) is 45.8. The minimum absolute atomic E-state index is 0.0755. The van der Waals surface area contributed by atoms with Crippen molar-refractivity contribution in [3.8, 4) is 0 Å². The Morgan fingerprint density at radius 1 is 0.726 bits per heavy atom. The van der Waals surface area contributed by atoms with Crippen molar-refractivity contribution in [2.75, 3.05) is 0 Å². The van der Waals surface area contributed by atoms with Crippen LogP contribution in [0.3, 0.4) is 0 Å². The van der Waals surface area contributed by atoms with Gasteiger partial charge in [-0.2, -0.15) is 0 Å². The summed E-state index contributed by atoms with van der Waals surface area (Å²) < 4.78 is 4.81. The van der Waals surface area contributed by atoms with E-state index in [9.17, 15) is 39.9 Å². The van der Waals surface area contributed by atoms with Gasteiger partial charge in [0.05, 0.1) is 30.0 Å². The number of ether oxygens (including phenoxy) is 1. The second-order valence-corrected chi connectivity index (χ2v) is 26.7. The summed E-state index contributed by atoms with van der Waals surface area (Å²) in [7, 11) is 0. The highest BCUT2D eigenvalue weighted by Crippen LogP contribution is 2.70. The van der Waals surface area contributed by atoms with Crippen LogP contribution in [-0.2, 0) is 19.1 Å². The molecule has 12 nitrogen and oxygen atoms in total.